The largest absolute Gasteiger partial charge is 0.512 e. The fourth-order valence-corrected chi connectivity index (χ4v) is 4.68. The van der Waals surface area contributed by atoms with Crippen molar-refractivity contribution in [1.29, 1.82) is 0 Å². The van der Waals surface area contributed by atoms with Crippen LogP contribution in [0.25, 0.3) is 22.0 Å². The molecule has 0 spiro atoms. The van der Waals surface area contributed by atoms with Crippen LogP contribution in [0.3, 0.4) is 0 Å². The predicted octanol–water partition coefficient (Wildman–Crippen LogP) is 5.06. The molecular formula is C27H28IrNO4-. The molecule has 0 saturated carbocycles. The summed E-state index contributed by atoms with van der Waals surface area (Å²) in [6.07, 6.45) is 3.17. The van der Waals surface area contributed by atoms with Crippen LogP contribution >= 0.6 is 0 Å². The molecule has 5 nitrogen and oxygen atoms in total. The number of fused-ring (bicyclic) bond motifs is 4. The SMILES string of the molecule is CC(=O)/C=C(/C)O.[CH2-]c1cccc2c1-c1c3c(c4c(cc3cc[n+]1[CH2-])OCCO4)C2(C)C.[Ir]. The number of benzene rings is 2. The van der Waals surface area contributed by atoms with Crippen molar-refractivity contribution in [2.24, 2.45) is 0 Å². The van der Waals surface area contributed by atoms with E-state index >= 15 is 0 Å². The Labute approximate surface area is 208 Å². The second kappa shape index (κ2) is 9.12. The number of hydrogen-bond acceptors (Lipinski definition) is 4. The molecule has 1 aliphatic carbocycles. The first-order valence-electron chi connectivity index (χ1n) is 10.6. The van der Waals surface area contributed by atoms with Crippen LogP contribution in [-0.2, 0) is 30.3 Å². The van der Waals surface area contributed by atoms with Gasteiger partial charge in [0.2, 0.25) is 0 Å². The number of carbonyl (C=O) groups excluding carboxylic acids is 1. The Morgan fingerprint density at radius 2 is 1.88 bits per heavy atom. The van der Waals surface area contributed by atoms with Crippen molar-refractivity contribution in [2.45, 2.75) is 33.1 Å². The molecule has 2 heterocycles. The fraction of sp³-hybridized carbons (Fsp3) is 0.259. The van der Waals surface area contributed by atoms with E-state index in [9.17, 15) is 4.79 Å². The number of aromatic nitrogens is 1. The maximum absolute atomic E-state index is 10.0. The molecule has 6 heteroatoms. The number of nitrogens with zero attached hydrogens (tertiary/aromatic N) is 1. The zero-order valence-electron chi connectivity index (χ0n) is 19.3. The molecule has 0 amide bonds. The van der Waals surface area contributed by atoms with Gasteiger partial charge in [0.05, 0.1) is 17.6 Å². The summed E-state index contributed by atoms with van der Waals surface area (Å²) in [5.74, 6) is 1.65. The molecule has 2 aromatic carbocycles. The van der Waals surface area contributed by atoms with Gasteiger partial charge in [-0.1, -0.05) is 25.5 Å². The fourth-order valence-electron chi connectivity index (χ4n) is 4.68. The second-order valence-electron chi connectivity index (χ2n) is 8.74. The van der Waals surface area contributed by atoms with Crippen molar-refractivity contribution in [3.05, 3.63) is 79.0 Å². The van der Waals surface area contributed by atoms with Crippen LogP contribution in [0.5, 0.6) is 11.5 Å². The zero-order chi connectivity index (χ0) is 23.2. The van der Waals surface area contributed by atoms with E-state index in [0.717, 1.165) is 28.1 Å². The molecule has 33 heavy (non-hydrogen) atoms. The molecule has 0 saturated heterocycles. The van der Waals surface area contributed by atoms with Crippen LogP contribution in [0.1, 0.15) is 44.4 Å². The minimum atomic E-state index is -0.214. The van der Waals surface area contributed by atoms with Gasteiger partial charge in [-0.2, -0.15) is 18.6 Å². The number of aliphatic hydroxyl groups excluding tert-OH is 1. The number of aliphatic hydroxyl groups is 1. The van der Waals surface area contributed by atoms with Crippen LogP contribution in [0, 0.1) is 14.0 Å². The minimum Gasteiger partial charge on any atom is -0.512 e. The van der Waals surface area contributed by atoms with Gasteiger partial charge < -0.3 is 19.1 Å². The van der Waals surface area contributed by atoms with Crippen molar-refractivity contribution in [1.82, 2.24) is 0 Å². The molecule has 1 aromatic heterocycles. The molecule has 1 N–H and O–H groups in total. The standard InChI is InChI=1S/C22H20NO2.C5H8O2.Ir/c1-13-6-5-7-15-17(13)20-18-14(8-9-23(20)4)12-16-21(25-11-10-24-16)19(18)22(15,2)3;1-4(6)3-5(2)7;/h5-9,12H,1,4,10-11H2,2-3H3;3,6H,1-2H3;/q-1;;/b;4-3-;. The number of carbonyl (C=O) groups is 1. The zero-order valence-corrected chi connectivity index (χ0v) is 21.7. The smallest absolute Gasteiger partial charge is 0.165 e. The van der Waals surface area contributed by atoms with Gasteiger partial charge in [0.1, 0.15) is 13.2 Å². The molecule has 0 atom stereocenters. The van der Waals surface area contributed by atoms with E-state index in [1.165, 1.54) is 42.0 Å². The summed E-state index contributed by atoms with van der Waals surface area (Å²) in [6.45, 7) is 12.8. The molecule has 1 radical (unpaired) electrons. The third kappa shape index (κ3) is 4.21. The third-order valence-electron chi connectivity index (χ3n) is 5.92. The maximum Gasteiger partial charge on any atom is 0.165 e. The molecule has 175 valence electrons. The van der Waals surface area contributed by atoms with Gasteiger partial charge >= 0.3 is 0 Å². The quantitative estimate of drug-likeness (QED) is 0.179. The maximum atomic E-state index is 10.0. The van der Waals surface area contributed by atoms with E-state index < -0.39 is 0 Å². The van der Waals surface area contributed by atoms with Gasteiger partial charge in [-0.05, 0) is 36.8 Å². The Bertz CT molecular complexity index is 1270. The van der Waals surface area contributed by atoms with E-state index in [2.05, 4.69) is 58.2 Å². The molecule has 1 aliphatic heterocycles. The summed E-state index contributed by atoms with van der Waals surface area (Å²) in [5, 5.41) is 10.7. The summed E-state index contributed by atoms with van der Waals surface area (Å²) < 4.78 is 14.0. The second-order valence-corrected chi connectivity index (χ2v) is 8.74. The van der Waals surface area contributed by atoms with Gasteiger partial charge in [0.25, 0.3) is 0 Å². The summed E-state index contributed by atoms with van der Waals surface area (Å²) >= 11 is 0. The predicted molar refractivity (Wildman–Crippen MR) is 125 cm³/mol. The summed E-state index contributed by atoms with van der Waals surface area (Å²) in [6, 6.07) is 10.5. The van der Waals surface area contributed by atoms with Crippen LogP contribution < -0.4 is 14.0 Å². The van der Waals surface area contributed by atoms with Crippen LogP contribution in [0.15, 0.2) is 48.4 Å². The van der Waals surface area contributed by atoms with E-state index in [0.29, 0.717) is 13.2 Å². The Morgan fingerprint density at radius 1 is 1.18 bits per heavy atom. The van der Waals surface area contributed by atoms with Gasteiger partial charge in [0, 0.05) is 44.2 Å². The van der Waals surface area contributed by atoms with E-state index in [1.807, 2.05) is 10.8 Å². The Morgan fingerprint density at radius 3 is 2.52 bits per heavy atom. The first kappa shape index (κ1) is 24.7. The molecule has 0 fully saturated rings. The van der Waals surface area contributed by atoms with Gasteiger partial charge in [-0.15, -0.1) is 11.6 Å². The van der Waals surface area contributed by atoms with Crippen LogP contribution in [0.4, 0.5) is 0 Å². The van der Waals surface area contributed by atoms with Crippen molar-refractivity contribution < 1.29 is 44.0 Å². The molecule has 2 aliphatic rings. The van der Waals surface area contributed by atoms with Gasteiger partial charge in [-0.3, -0.25) is 4.79 Å². The molecule has 0 bridgehead atoms. The van der Waals surface area contributed by atoms with Gasteiger partial charge in [-0.25, -0.2) is 0 Å². The van der Waals surface area contributed by atoms with E-state index in [-0.39, 0.29) is 37.1 Å². The summed E-state index contributed by atoms with van der Waals surface area (Å²) in [4.78, 5) is 10.0. The van der Waals surface area contributed by atoms with Crippen LogP contribution in [-0.4, -0.2) is 24.1 Å². The average Bonchev–Trinajstić information content (AvgIpc) is 2.71. The number of hydrogen-bond donors (Lipinski definition) is 1. The Hall–Kier alpha value is -2.95. The van der Waals surface area contributed by atoms with Crippen LogP contribution in [0.2, 0.25) is 0 Å². The molecule has 3 aromatic rings. The van der Waals surface area contributed by atoms with Crippen molar-refractivity contribution >= 4 is 16.6 Å². The molecule has 0 unspecified atom stereocenters. The third-order valence-corrected chi connectivity index (χ3v) is 5.92. The normalized spacial score (nSPS) is 15.0. The van der Waals surface area contributed by atoms with E-state index in [4.69, 9.17) is 14.6 Å². The van der Waals surface area contributed by atoms with Crippen molar-refractivity contribution in [3.8, 4) is 22.8 Å². The molecule has 5 rings (SSSR count). The monoisotopic (exact) mass is 623 g/mol. The van der Waals surface area contributed by atoms with E-state index in [1.54, 1.807) is 0 Å². The average molecular weight is 623 g/mol. The number of ketones is 1. The number of rotatable bonds is 1. The number of allylic oxidation sites excluding steroid dienone is 2. The Kier molecular flexibility index (Phi) is 6.83. The van der Waals surface area contributed by atoms with Crippen molar-refractivity contribution in [2.75, 3.05) is 13.2 Å². The topological polar surface area (TPSA) is 59.6 Å². The number of pyridine rings is 1. The summed E-state index contributed by atoms with van der Waals surface area (Å²) in [7, 11) is 4.23. The molecular weight excluding hydrogens is 595 g/mol. The first-order chi connectivity index (χ1) is 15.1. The first-order valence-corrected chi connectivity index (χ1v) is 10.6. The number of ether oxygens (including phenoxy) is 2. The minimum absolute atomic E-state index is 0. The van der Waals surface area contributed by atoms with Gasteiger partial charge in [0.15, 0.2) is 17.3 Å². The Balaban J connectivity index is 0.000000337. The van der Waals surface area contributed by atoms with Crippen molar-refractivity contribution in [3.63, 3.8) is 0 Å². The summed E-state index contributed by atoms with van der Waals surface area (Å²) in [5.41, 5.74) is 5.53.